The molecule has 96 valence electrons. The van der Waals surface area contributed by atoms with Crippen LogP contribution in [-0.4, -0.2) is 13.8 Å². The normalized spacial score (nSPS) is 13.2. The van der Waals surface area contributed by atoms with Crippen molar-refractivity contribution >= 4 is 5.76 Å². The van der Waals surface area contributed by atoms with Crippen molar-refractivity contribution in [2.75, 3.05) is 13.8 Å². The zero-order valence-corrected chi connectivity index (χ0v) is 10.8. The number of para-hydroxylation sites is 1. The van der Waals surface area contributed by atoms with Crippen molar-refractivity contribution in [2.45, 2.75) is 6.42 Å². The van der Waals surface area contributed by atoms with Crippen LogP contribution in [0.2, 0.25) is 0 Å². The number of methoxy groups -OCH3 is 1. The van der Waals surface area contributed by atoms with Crippen molar-refractivity contribution in [2.24, 2.45) is 4.99 Å². The van der Waals surface area contributed by atoms with E-state index in [2.05, 4.69) is 23.2 Å². The Morgan fingerprint density at radius 2 is 1.89 bits per heavy atom. The number of rotatable bonds is 3. The summed E-state index contributed by atoms with van der Waals surface area (Å²) in [6.45, 7) is 0.405. The van der Waals surface area contributed by atoms with Crippen molar-refractivity contribution in [1.82, 2.24) is 0 Å². The molecule has 0 amide bonds. The van der Waals surface area contributed by atoms with Crippen LogP contribution in [0.5, 0.6) is 5.75 Å². The maximum Gasteiger partial charge on any atom is 0.179 e. The van der Waals surface area contributed by atoms with Crippen LogP contribution >= 0.6 is 0 Å². The van der Waals surface area contributed by atoms with Gasteiger partial charge in [0, 0.05) is 11.6 Å². The van der Waals surface area contributed by atoms with Crippen LogP contribution in [0.25, 0.3) is 5.76 Å². The highest BCUT2D eigenvalue weighted by molar-refractivity contribution is 5.44. The predicted octanol–water partition coefficient (Wildman–Crippen LogP) is 1.65. The lowest BCUT2D eigenvalue weighted by molar-refractivity contribution is 0.265. The van der Waals surface area contributed by atoms with E-state index < -0.39 is 0 Å². The van der Waals surface area contributed by atoms with Gasteiger partial charge in [-0.3, -0.25) is 0 Å². The minimum Gasteiger partial charge on any atom is -0.497 e. The van der Waals surface area contributed by atoms with Crippen LogP contribution in [0.1, 0.15) is 5.56 Å². The minimum atomic E-state index is 0.405. The van der Waals surface area contributed by atoms with Crippen molar-refractivity contribution < 1.29 is 9.47 Å². The second kappa shape index (κ2) is 5.14. The van der Waals surface area contributed by atoms with E-state index in [9.17, 15) is 0 Å². The molecule has 0 N–H and O–H groups in total. The van der Waals surface area contributed by atoms with E-state index in [1.165, 1.54) is 5.56 Å². The summed E-state index contributed by atoms with van der Waals surface area (Å²) in [5, 5.41) is 2.10. The number of hydrogen-bond acceptors (Lipinski definition) is 3. The standard InChI is InChI=1S/C16H15NO2/c1-18-13-8-6-12(7-9-13)10-16-14-4-2-3-5-15(14)17-11-19-16/h2-9H,10-11H2,1H3. The minimum absolute atomic E-state index is 0.405. The number of ether oxygens (including phenoxy) is 2. The Hall–Kier alpha value is -2.29. The maximum atomic E-state index is 5.68. The summed E-state index contributed by atoms with van der Waals surface area (Å²) in [4.78, 5) is 4.35. The zero-order chi connectivity index (χ0) is 13.1. The first-order valence-electron chi connectivity index (χ1n) is 6.25. The van der Waals surface area contributed by atoms with Gasteiger partial charge in [0.25, 0.3) is 0 Å². The van der Waals surface area contributed by atoms with Crippen LogP contribution in [0, 0.1) is 0 Å². The maximum absolute atomic E-state index is 5.68. The lowest BCUT2D eigenvalue weighted by atomic mass is 10.1. The molecule has 2 aromatic carbocycles. The topological polar surface area (TPSA) is 30.8 Å². The van der Waals surface area contributed by atoms with E-state index in [1.807, 2.05) is 30.3 Å². The molecular weight excluding hydrogens is 238 g/mol. The van der Waals surface area contributed by atoms with Gasteiger partial charge < -0.3 is 9.47 Å². The summed E-state index contributed by atoms with van der Waals surface area (Å²) >= 11 is 0. The highest BCUT2D eigenvalue weighted by atomic mass is 16.5. The molecule has 0 bridgehead atoms. The summed E-state index contributed by atoms with van der Waals surface area (Å²) in [6, 6.07) is 16.1. The smallest absolute Gasteiger partial charge is 0.179 e. The molecule has 0 spiro atoms. The Morgan fingerprint density at radius 1 is 1.11 bits per heavy atom. The molecule has 19 heavy (non-hydrogen) atoms. The van der Waals surface area contributed by atoms with Crippen LogP contribution in [0.4, 0.5) is 0 Å². The van der Waals surface area contributed by atoms with E-state index in [0.29, 0.717) is 6.73 Å². The summed E-state index contributed by atoms with van der Waals surface area (Å²) in [5.41, 5.74) is 1.20. The van der Waals surface area contributed by atoms with Gasteiger partial charge in [-0.2, -0.15) is 0 Å². The third-order valence-electron chi connectivity index (χ3n) is 3.20. The fourth-order valence-corrected chi connectivity index (χ4v) is 2.18. The van der Waals surface area contributed by atoms with Gasteiger partial charge in [-0.05, 0) is 29.8 Å². The van der Waals surface area contributed by atoms with Crippen molar-refractivity contribution in [3.05, 3.63) is 64.7 Å². The molecular formula is C16H15NO2. The molecule has 0 saturated carbocycles. The molecule has 3 heteroatoms. The summed E-state index contributed by atoms with van der Waals surface area (Å²) in [7, 11) is 1.67. The molecule has 0 fully saturated rings. The van der Waals surface area contributed by atoms with Gasteiger partial charge in [0.2, 0.25) is 0 Å². The monoisotopic (exact) mass is 253 g/mol. The van der Waals surface area contributed by atoms with Crippen LogP contribution < -0.4 is 15.3 Å². The Balaban J connectivity index is 1.97. The van der Waals surface area contributed by atoms with Crippen molar-refractivity contribution in [1.29, 1.82) is 0 Å². The second-order valence-electron chi connectivity index (χ2n) is 4.40. The first-order chi connectivity index (χ1) is 9.36. The molecule has 1 aliphatic heterocycles. The molecule has 0 radical (unpaired) electrons. The largest absolute Gasteiger partial charge is 0.497 e. The van der Waals surface area contributed by atoms with Gasteiger partial charge >= 0.3 is 0 Å². The number of fused-ring (bicyclic) bond motifs is 1. The fourth-order valence-electron chi connectivity index (χ4n) is 2.18. The molecule has 0 aromatic heterocycles. The van der Waals surface area contributed by atoms with E-state index in [4.69, 9.17) is 9.47 Å². The highest BCUT2D eigenvalue weighted by Crippen LogP contribution is 2.15. The predicted molar refractivity (Wildman–Crippen MR) is 73.3 cm³/mol. The summed E-state index contributed by atoms with van der Waals surface area (Å²) in [6.07, 6.45) is 0.774. The average molecular weight is 253 g/mol. The van der Waals surface area contributed by atoms with Crippen LogP contribution in [0.15, 0.2) is 53.5 Å². The van der Waals surface area contributed by atoms with Crippen LogP contribution in [-0.2, 0) is 11.2 Å². The lowest BCUT2D eigenvalue weighted by Gasteiger charge is -2.13. The third kappa shape index (κ3) is 2.45. The summed E-state index contributed by atoms with van der Waals surface area (Å²) < 4.78 is 10.8. The van der Waals surface area contributed by atoms with E-state index in [1.54, 1.807) is 7.11 Å². The van der Waals surface area contributed by atoms with E-state index in [-0.39, 0.29) is 0 Å². The quantitative estimate of drug-likeness (QED) is 0.833. The van der Waals surface area contributed by atoms with Crippen LogP contribution in [0.3, 0.4) is 0 Å². The van der Waals surface area contributed by atoms with E-state index in [0.717, 1.165) is 28.5 Å². The van der Waals surface area contributed by atoms with Gasteiger partial charge in [0.15, 0.2) is 6.73 Å². The fraction of sp³-hybridized carbons (Fsp3) is 0.188. The van der Waals surface area contributed by atoms with Gasteiger partial charge in [-0.15, -0.1) is 0 Å². The summed E-state index contributed by atoms with van der Waals surface area (Å²) in [5.74, 6) is 1.85. The number of benzene rings is 2. The molecule has 2 aromatic rings. The van der Waals surface area contributed by atoms with Gasteiger partial charge in [0.05, 0.1) is 12.5 Å². The van der Waals surface area contributed by atoms with Gasteiger partial charge in [-0.25, -0.2) is 4.99 Å². The SMILES string of the molecule is COc1ccc(CC2=c3ccccc3=NCO2)cc1. The molecule has 0 aliphatic carbocycles. The molecule has 0 saturated heterocycles. The lowest BCUT2D eigenvalue weighted by Crippen LogP contribution is -2.32. The van der Waals surface area contributed by atoms with Crippen molar-refractivity contribution in [3.8, 4) is 5.75 Å². The highest BCUT2D eigenvalue weighted by Gasteiger charge is 2.07. The second-order valence-corrected chi connectivity index (χ2v) is 4.40. The molecule has 3 rings (SSSR count). The first kappa shape index (κ1) is 11.8. The first-order valence-corrected chi connectivity index (χ1v) is 6.25. The molecule has 3 nitrogen and oxygen atoms in total. The molecule has 1 heterocycles. The molecule has 0 unspecified atom stereocenters. The number of nitrogens with zero attached hydrogens (tertiary/aromatic N) is 1. The average Bonchev–Trinajstić information content (AvgIpc) is 2.48. The Kier molecular flexibility index (Phi) is 3.19. The molecule has 0 atom stereocenters. The van der Waals surface area contributed by atoms with Gasteiger partial charge in [-0.1, -0.05) is 24.3 Å². The van der Waals surface area contributed by atoms with Crippen molar-refractivity contribution in [3.63, 3.8) is 0 Å². The Morgan fingerprint density at radius 3 is 2.68 bits per heavy atom. The molecule has 1 aliphatic rings. The third-order valence-corrected chi connectivity index (χ3v) is 3.20. The van der Waals surface area contributed by atoms with E-state index >= 15 is 0 Å². The number of hydrogen-bond donors (Lipinski definition) is 0. The Labute approximate surface area is 111 Å². The Bertz CT molecular complexity index is 689. The van der Waals surface area contributed by atoms with Gasteiger partial charge in [0.1, 0.15) is 11.5 Å². The zero-order valence-electron chi connectivity index (χ0n) is 10.8.